The Hall–Kier alpha value is -1.33. The highest BCUT2D eigenvalue weighted by Crippen LogP contribution is 2.25. The number of likely N-dealkylation sites (tertiary alicyclic amines) is 1. The van der Waals surface area contributed by atoms with Gasteiger partial charge in [-0.3, -0.25) is 9.59 Å². The molecule has 7 heteroatoms. The summed E-state index contributed by atoms with van der Waals surface area (Å²) in [4.78, 5) is 28.8. The zero-order valence-corrected chi connectivity index (χ0v) is 12.2. The predicted molar refractivity (Wildman–Crippen MR) is 75.2 cm³/mol. The van der Waals surface area contributed by atoms with Crippen molar-refractivity contribution in [3.8, 4) is 0 Å². The van der Waals surface area contributed by atoms with Gasteiger partial charge in [0.1, 0.15) is 10.3 Å². The minimum Gasteiger partial charge on any atom is -0.481 e. The highest BCUT2D eigenvalue weighted by atomic mass is 35.5. The van der Waals surface area contributed by atoms with Crippen LogP contribution in [0.4, 0.5) is 0 Å². The Labute approximate surface area is 126 Å². The van der Waals surface area contributed by atoms with Crippen molar-refractivity contribution in [2.24, 2.45) is 0 Å². The van der Waals surface area contributed by atoms with E-state index in [2.05, 4.69) is 4.98 Å². The number of hydrogen-bond donors (Lipinski definition) is 1. The normalized spacial score (nSPS) is 18.9. The fraction of sp³-hybridized carbons (Fsp3) is 0.462. The molecular weight excluding hydrogens is 303 g/mol. The number of nitrogens with zero attached hydrogens (tertiary/aromatic N) is 2. The molecule has 1 N–H and O–H groups in total. The first kappa shape index (κ1) is 15.1. The molecule has 0 bridgehead atoms. The van der Waals surface area contributed by atoms with Crippen molar-refractivity contribution in [1.82, 2.24) is 9.88 Å². The average Bonchev–Trinajstić information content (AvgIpc) is 2.38. The van der Waals surface area contributed by atoms with E-state index in [9.17, 15) is 9.59 Å². The van der Waals surface area contributed by atoms with Crippen LogP contribution in [0.25, 0.3) is 0 Å². The Morgan fingerprint density at radius 2 is 2.10 bits per heavy atom. The van der Waals surface area contributed by atoms with Gasteiger partial charge in [-0.1, -0.05) is 23.2 Å². The average molecular weight is 317 g/mol. The second-order valence-corrected chi connectivity index (χ2v) is 5.46. The summed E-state index contributed by atoms with van der Waals surface area (Å²) in [5.41, 5.74) is 0.258. The van der Waals surface area contributed by atoms with E-state index in [1.165, 1.54) is 12.1 Å². The Morgan fingerprint density at radius 3 is 2.75 bits per heavy atom. The maximum absolute atomic E-state index is 12.5. The van der Waals surface area contributed by atoms with Gasteiger partial charge in [-0.2, -0.15) is 0 Å². The summed E-state index contributed by atoms with van der Waals surface area (Å²) in [6.45, 7) is 0.537. The van der Waals surface area contributed by atoms with Crippen LogP contribution in [0.2, 0.25) is 10.3 Å². The topological polar surface area (TPSA) is 70.5 Å². The third kappa shape index (κ3) is 3.41. The lowest BCUT2D eigenvalue weighted by Gasteiger charge is -2.35. The smallest absolute Gasteiger partial charge is 0.305 e. The molecule has 0 spiro atoms. The number of aliphatic carboxylic acids is 1. The first-order chi connectivity index (χ1) is 9.49. The fourth-order valence-corrected chi connectivity index (χ4v) is 2.83. The van der Waals surface area contributed by atoms with Crippen LogP contribution in [0.1, 0.15) is 36.0 Å². The minimum atomic E-state index is -0.907. The molecule has 1 aliphatic rings. The molecular formula is C13H14Cl2N2O3. The second kappa shape index (κ2) is 6.41. The van der Waals surface area contributed by atoms with E-state index in [1.54, 1.807) is 4.90 Å². The van der Waals surface area contributed by atoms with Crippen molar-refractivity contribution in [3.63, 3.8) is 0 Å². The van der Waals surface area contributed by atoms with Crippen molar-refractivity contribution in [2.45, 2.75) is 31.7 Å². The SMILES string of the molecule is O=C(O)CC1CCCCN1C(=O)c1ccc(Cl)nc1Cl. The Balaban J connectivity index is 2.22. The third-order valence-corrected chi connectivity index (χ3v) is 3.84. The molecule has 1 amide bonds. The predicted octanol–water partition coefficient (Wildman–Crippen LogP) is 2.86. The molecule has 2 heterocycles. The van der Waals surface area contributed by atoms with Gasteiger partial charge in [0.15, 0.2) is 0 Å². The highest BCUT2D eigenvalue weighted by molar-refractivity contribution is 6.34. The van der Waals surface area contributed by atoms with Crippen molar-refractivity contribution in [1.29, 1.82) is 0 Å². The van der Waals surface area contributed by atoms with Gasteiger partial charge in [0, 0.05) is 12.6 Å². The zero-order chi connectivity index (χ0) is 14.7. The number of aromatic nitrogens is 1. The van der Waals surface area contributed by atoms with Gasteiger partial charge in [-0.25, -0.2) is 4.98 Å². The fourth-order valence-electron chi connectivity index (χ4n) is 2.41. The lowest BCUT2D eigenvalue weighted by atomic mass is 9.98. The molecule has 2 rings (SSSR count). The van der Waals surface area contributed by atoms with Crippen LogP contribution in [0.15, 0.2) is 12.1 Å². The van der Waals surface area contributed by atoms with E-state index in [4.69, 9.17) is 28.3 Å². The number of carbonyl (C=O) groups excluding carboxylic acids is 1. The van der Waals surface area contributed by atoms with Crippen molar-refractivity contribution < 1.29 is 14.7 Å². The van der Waals surface area contributed by atoms with Crippen molar-refractivity contribution in [3.05, 3.63) is 28.0 Å². The first-order valence-corrected chi connectivity index (χ1v) is 7.09. The van der Waals surface area contributed by atoms with Gasteiger partial charge in [0.25, 0.3) is 5.91 Å². The molecule has 1 saturated heterocycles. The van der Waals surface area contributed by atoms with Gasteiger partial charge in [0.2, 0.25) is 0 Å². The Bertz CT molecular complexity index is 536. The molecule has 0 aromatic carbocycles. The minimum absolute atomic E-state index is 0.0437. The van der Waals surface area contributed by atoms with E-state index in [0.717, 1.165) is 12.8 Å². The van der Waals surface area contributed by atoms with E-state index >= 15 is 0 Å². The van der Waals surface area contributed by atoms with Crippen LogP contribution < -0.4 is 0 Å². The molecule has 1 aromatic heterocycles. The van der Waals surface area contributed by atoms with Gasteiger partial charge in [-0.15, -0.1) is 0 Å². The maximum Gasteiger partial charge on any atom is 0.305 e. The summed E-state index contributed by atoms with van der Waals surface area (Å²) in [6, 6.07) is 2.73. The largest absolute Gasteiger partial charge is 0.481 e. The van der Waals surface area contributed by atoms with Crippen molar-refractivity contribution >= 4 is 35.1 Å². The number of carboxylic acids is 1. The van der Waals surface area contributed by atoms with E-state index < -0.39 is 5.97 Å². The molecule has 1 aromatic rings. The molecule has 1 atom stereocenters. The van der Waals surface area contributed by atoms with Gasteiger partial charge in [0.05, 0.1) is 12.0 Å². The number of rotatable bonds is 3. The Kier molecular flexibility index (Phi) is 4.83. The molecule has 0 radical (unpaired) electrons. The van der Waals surface area contributed by atoms with Gasteiger partial charge >= 0.3 is 5.97 Å². The number of pyridine rings is 1. The monoisotopic (exact) mass is 316 g/mol. The molecule has 0 aliphatic carbocycles. The van der Waals surface area contributed by atoms with E-state index in [-0.39, 0.29) is 34.2 Å². The molecule has 1 unspecified atom stereocenters. The number of piperidine rings is 1. The maximum atomic E-state index is 12.5. The first-order valence-electron chi connectivity index (χ1n) is 6.34. The molecule has 1 fully saturated rings. The molecule has 108 valence electrons. The van der Waals surface area contributed by atoms with Crippen LogP contribution in [-0.2, 0) is 4.79 Å². The molecule has 5 nitrogen and oxygen atoms in total. The number of amides is 1. The van der Waals surface area contributed by atoms with Crippen LogP contribution in [0.5, 0.6) is 0 Å². The van der Waals surface area contributed by atoms with Gasteiger partial charge < -0.3 is 10.0 Å². The summed E-state index contributed by atoms with van der Waals surface area (Å²) >= 11 is 11.6. The highest BCUT2D eigenvalue weighted by Gasteiger charge is 2.30. The van der Waals surface area contributed by atoms with Crippen LogP contribution in [-0.4, -0.2) is 39.5 Å². The summed E-state index contributed by atoms with van der Waals surface area (Å²) in [7, 11) is 0. The Morgan fingerprint density at radius 1 is 1.35 bits per heavy atom. The quantitative estimate of drug-likeness (QED) is 0.870. The lowest BCUT2D eigenvalue weighted by Crippen LogP contribution is -2.44. The second-order valence-electron chi connectivity index (χ2n) is 4.72. The summed E-state index contributed by atoms with van der Waals surface area (Å²) in [5.74, 6) is -1.19. The summed E-state index contributed by atoms with van der Waals surface area (Å²) in [5, 5.41) is 9.19. The van der Waals surface area contributed by atoms with Crippen LogP contribution in [0.3, 0.4) is 0 Å². The lowest BCUT2D eigenvalue weighted by molar-refractivity contribution is -0.138. The number of hydrogen-bond acceptors (Lipinski definition) is 3. The zero-order valence-electron chi connectivity index (χ0n) is 10.7. The summed E-state index contributed by atoms with van der Waals surface area (Å²) < 4.78 is 0. The van der Waals surface area contributed by atoms with Crippen LogP contribution in [0, 0.1) is 0 Å². The number of carbonyl (C=O) groups is 2. The molecule has 0 saturated carbocycles. The van der Waals surface area contributed by atoms with Crippen LogP contribution >= 0.6 is 23.2 Å². The standard InChI is InChI=1S/C13H14Cl2N2O3/c14-10-5-4-9(12(15)16-10)13(20)17-6-2-1-3-8(17)7-11(18)19/h4-5,8H,1-3,6-7H2,(H,18,19). The third-order valence-electron chi connectivity index (χ3n) is 3.34. The van der Waals surface area contributed by atoms with E-state index in [0.29, 0.717) is 13.0 Å². The molecule has 1 aliphatic heterocycles. The van der Waals surface area contributed by atoms with Crippen molar-refractivity contribution in [2.75, 3.05) is 6.54 Å². The number of halogens is 2. The van der Waals surface area contributed by atoms with Gasteiger partial charge in [-0.05, 0) is 31.4 Å². The van der Waals surface area contributed by atoms with E-state index in [1.807, 2.05) is 0 Å². The summed E-state index contributed by atoms with van der Waals surface area (Å²) in [6.07, 6.45) is 2.43. The number of carboxylic acid groups (broad SMARTS) is 1. The molecule has 20 heavy (non-hydrogen) atoms.